The standard InChI is InChI=1S/C15H25NO2/c1-6-16-15(12(4)17-5)13-9-7-8-10-14(13)18-11(2)3/h7-12,15-16H,6H2,1-5H3. The Balaban J connectivity index is 3.02. The molecule has 1 N–H and O–H groups in total. The first kappa shape index (κ1) is 15.0. The number of ether oxygens (including phenoxy) is 2. The molecule has 0 aromatic heterocycles. The van der Waals surface area contributed by atoms with Gasteiger partial charge in [0.1, 0.15) is 5.75 Å². The zero-order valence-electron chi connectivity index (χ0n) is 12.1. The normalized spacial score (nSPS) is 14.6. The van der Waals surface area contributed by atoms with E-state index in [0.717, 1.165) is 17.9 Å². The van der Waals surface area contributed by atoms with Gasteiger partial charge in [-0.15, -0.1) is 0 Å². The number of hydrogen-bond acceptors (Lipinski definition) is 3. The first-order chi connectivity index (χ1) is 8.60. The summed E-state index contributed by atoms with van der Waals surface area (Å²) >= 11 is 0. The van der Waals surface area contributed by atoms with Gasteiger partial charge in [0.2, 0.25) is 0 Å². The Labute approximate surface area is 110 Å². The third kappa shape index (κ3) is 4.00. The van der Waals surface area contributed by atoms with Crippen molar-refractivity contribution < 1.29 is 9.47 Å². The number of nitrogens with one attached hydrogen (secondary N) is 1. The van der Waals surface area contributed by atoms with Crippen LogP contribution in [0, 0.1) is 0 Å². The monoisotopic (exact) mass is 251 g/mol. The molecule has 0 amide bonds. The molecule has 0 fully saturated rings. The quantitative estimate of drug-likeness (QED) is 0.807. The lowest BCUT2D eigenvalue weighted by Gasteiger charge is -2.26. The van der Waals surface area contributed by atoms with E-state index in [0.29, 0.717) is 0 Å². The molecule has 18 heavy (non-hydrogen) atoms. The van der Waals surface area contributed by atoms with Crippen LogP contribution in [0.2, 0.25) is 0 Å². The van der Waals surface area contributed by atoms with Crippen LogP contribution in [0.3, 0.4) is 0 Å². The van der Waals surface area contributed by atoms with Gasteiger partial charge in [0, 0.05) is 12.7 Å². The molecule has 0 radical (unpaired) electrons. The van der Waals surface area contributed by atoms with E-state index < -0.39 is 0 Å². The SMILES string of the molecule is CCNC(c1ccccc1OC(C)C)C(C)OC. The fourth-order valence-electron chi connectivity index (χ4n) is 1.98. The van der Waals surface area contributed by atoms with Crippen molar-refractivity contribution in [2.24, 2.45) is 0 Å². The van der Waals surface area contributed by atoms with Crippen LogP contribution >= 0.6 is 0 Å². The molecule has 0 bridgehead atoms. The van der Waals surface area contributed by atoms with E-state index in [1.807, 2.05) is 32.0 Å². The van der Waals surface area contributed by atoms with Crippen LogP contribution in [0.15, 0.2) is 24.3 Å². The number of hydrogen-bond donors (Lipinski definition) is 1. The molecular weight excluding hydrogens is 226 g/mol. The molecule has 0 aliphatic heterocycles. The largest absolute Gasteiger partial charge is 0.491 e. The van der Waals surface area contributed by atoms with E-state index in [9.17, 15) is 0 Å². The number of benzene rings is 1. The van der Waals surface area contributed by atoms with Crippen molar-refractivity contribution in [2.45, 2.75) is 45.9 Å². The van der Waals surface area contributed by atoms with Gasteiger partial charge in [-0.05, 0) is 33.4 Å². The van der Waals surface area contributed by atoms with Crippen molar-refractivity contribution in [3.8, 4) is 5.75 Å². The van der Waals surface area contributed by atoms with Crippen molar-refractivity contribution >= 4 is 0 Å². The van der Waals surface area contributed by atoms with Crippen LogP contribution in [-0.2, 0) is 4.74 Å². The topological polar surface area (TPSA) is 30.5 Å². The molecule has 0 heterocycles. The minimum atomic E-state index is 0.0989. The van der Waals surface area contributed by atoms with Gasteiger partial charge < -0.3 is 14.8 Å². The van der Waals surface area contributed by atoms with E-state index in [4.69, 9.17) is 9.47 Å². The Morgan fingerprint density at radius 2 is 1.83 bits per heavy atom. The second-order valence-corrected chi connectivity index (χ2v) is 4.68. The summed E-state index contributed by atoms with van der Waals surface area (Å²) < 4.78 is 11.3. The number of para-hydroxylation sites is 1. The van der Waals surface area contributed by atoms with Crippen LogP contribution in [0.25, 0.3) is 0 Å². The first-order valence-electron chi connectivity index (χ1n) is 6.61. The number of rotatable bonds is 7. The van der Waals surface area contributed by atoms with E-state index >= 15 is 0 Å². The Bertz CT molecular complexity index is 352. The Kier molecular flexibility index (Phi) is 6.16. The van der Waals surface area contributed by atoms with Gasteiger partial charge in [0.25, 0.3) is 0 Å². The summed E-state index contributed by atoms with van der Waals surface area (Å²) in [6.45, 7) is 9.15. The maximum atomic E-state index is 5.87. The minimum Gasteiger partial charge on any atom is -0.491 e. The molecule has 2 unspecified atom stereocenters. The van der Waals surface area contributed by atoms with Crippen LogP contribution in [0.5, 0.6) is 5.75 Å². The minimum absolute atomic E-state index is 0.0989. The zero-order chi connectivity index (χ0) is 13.5. The Hall–Kier alpha value is -1.06. The lowest BCUT2D eigenvalue weighted by atomic mass is 10.0. The molecule has 1 aromatic rings. The van der Waals surface area contributed by atoms with E-state index in [-0.39, 0.29) is 18.2 Å². The van der Waals surface area contributed by atoms with Crippen molar-refractivity contribution in [1.29, 1.82) is 0 Å². The average molecular weight is 251 g/mol. The maximum Gasteiger partial charge on any atom is 0.124 e. The fourth-order valence-corrected chi connectivity index (χ4v) is 1.98. The molecule has 102 valence electrons. The molecule has 0 aliphatic rings. The van der Waals surface area contributed by atoms with Crippen molar-refractivity contribution in [2.75, 3.05) is 13.7 Å². The van der Waals surface area contributed by atoms with Crippen molar-refractivity contribution in [1.82, 2.24) is 5.32 Å². The third-order valence-corrected chi connectivity index (χ3v) is 2.88. The van der Waals surface area contributed by atoms with Crippen LogP contribution < -0.4 is 10.1 Å². The highest BCUT2D eigenvalue weighted by Crippen LogP contribution is 2.29. The lowest BCUT2D eigenvalue weighted by molar-refractivity contribution is 0.0818. The second kappa shape index (κ2) is 7.39. The molecule has 0 saturated carbocycles. The summed E-state index contributed by atoms with van der Waals surface area (Å²) in [6, 6.07) is 8.30. The van der Waals surface area contributed by atoms with Gasteiger partial charge in [-0.2, -0.15) is 0 Å². The summed E-state index contributed by atoms with van der Waals surface area (Å²) in [5.74, 6) is 0.933. The van der Waals surface area contributed by atoms with Crippen LogP contribution in [0.4, 0.5) is 0 Å². The maximum absolute atomic E-state index is 5.87. The molecule has 3 heteroatoms. The van der Waals surface area contributed by atoms with Gasteiger partial charge in [-0.25, -0.2) is 0 Å². The van der Waals surface area contributed by atoms with Crippen LogP contribution in [0.1, 0.15) is 39.3 Å². The van der Waals surface area contributed by atoms with Gasteiger partial charge in [0.05, 0.1) is 18.2 Å². The van der Waals surface area contributed by atoms with Gasteiger partial charge in [-0.1, -0.05) is 25.1 Å². The lowest BCUT2D eigenvalue weighted by Crippen LogP contribution is -2.31. The number of methoxy groups -OCH3 is 1. The smallest absolute Gasteiger partial charge is 0.124 e. The summed E-state index contributed by atoms with van der Waals surface area (Å²) in [5.41, 5.74) is 1.16. The summed E-state index contributed by atoms with van der Waals surface area (Å²) in [5, 5.41) is 3.46. The summed E-state index contributed by atoms with van der Waals surface area (Å²) in [4.78, 5) is 0. The fraction of sp³-hybridized carbons (Fsp3) is 0.600. The summed E-state index contributed by atoms with van der Waals surface area (Å²) in [7, 11) is 1.74. The molecule has 1 rings (SSSR count). The molecule has 1 aromatic carbocycles. The predicted molar refractivity (Wildman–Crippen MR) is 75.1 cm³/mol. The number of likely N-dealkylation sites (N-methyl/N-ethyl adjacent to an activating group) is 1. The van der Waals surface area contributed by atoms with Gasteiger partial charge in [0.15, 0.2) is 0 Å². The van der Waals surface area contributed by atoms with E-state index in [1.165, 1.54) is 0 Å². The second-order valence-electron chi connectivity index (χ2n) is 4.68. The zero-order valence-corrected chi connectivity index (χ0v) is 12.1. The van der Waals surface area contributed by atoms with E-state index in [2.05, 4.69) is 25.2 Å². The van der Waals surface area contributed by atoms with Crippen molar-refractivity contribution in [3.63, 3.8) is 0 Å². The average Bonchev–Trinajstić information content (AvgIpc) is 2.35. The van der Waals surface area contributed by atoms with Gasteiger partial charge >= 0.3 is 0 Å². The Morgan fingerprint density at radius 1 is 1.17 bits per heavy atom. The molecule has 0 aliphatic carbocycles. The molecule has 0 saturated heterocycles. The third-order valence-electron chi connectivity index (χ3n) is 2.88. The summed E-state index contributed by atoms with van der Waals surface area (Å²) in [6.07, 6.45) is 0.271. The highest BCUT2D eigenvalue weighted by atomic mass is 16.5. The molecule has 3 nitrogen and oxygen atoms in total. The predicted octanol–water partition coefficient (Wildman–Crippen LogP) is 3.16. The highest BCUT2D eigenvalue weighted by Gasteiger charge is 2.21. The first-order valence-corrected chi connectivity index (χ1v) is 6.61. The molecular formula is C15H25NO2. The van der Waals surface area contributed by atoms with Gasteiger partial charge in [-0.3, -0.25) is 0 Å². The highest BCUT2D eigenvalue weighted by molar-refractivity contribution is 5.36. The molecule has 2 atom stereocenters. The van der Waals surface area contributed by atoms with Crippen LogP contribution in [-0.4, -0.2) is 25.9 Å². The van der Waals surface area contributed by atoms with Crippen molar-refractivity contribution in [3.05, 3.63) is 29.8 Å². The Morgan fingerprint density at radius 3 is 2.39 bits per heavy atom. The van der Waals surface area contributed by atoms with E-state index in [1.54, 1.807) is 7.11 Å². The molecule has 0 spiro atoms.